The number of rotatable bonds is 3. The summed E-state index contributed by atoms with van der Waals surface area (Å²) in [7, 11) is 0. The van der Waals surface area contributed by atoms with Crippen LogP contribution in [0, 0.1) is 18.6 Å². The highest BCUT2D eigenvalue weighted by Gasteiger charge is 2.53. The number of nitrogens with zero attached hydrogens (tertiary/aromatic N) is 5. The van der Waals surface area contributed by atoms with Gasteiger partial charge in [-0.1, -0.05) is 12.1 Å². The molecule has 2 aliphatic heterocycles. The lowest BCUT2D eigenvalue weighted by molar-refractivity contribution is -0.137. The van der Waals surface area contributed by atoms with Crippen LogP contribution >= 0.6 is 0 Å². The summed E-state index contributed by atoms with van der Waals surface area (Å²) in [6.07, 6.45) is -2.89. The van der Waals surface area contributed by atoms with Crippen LogP contribution in [0.1, 0.15) is 24.6 Å². The van der Waals surface area contributed by atoms with Gasteiger partial charge in [-0.05, 0) is 37.1 Å². The maximum atomic E-state index is 15.1. The average Bonchev–Trinajstić information content (AvgIpc) is 3.50. The predicted octanol–water partition coefficient (Wildman–Crippen LogP) is 5.21. The van der Waals surface area contributed by atoms with Gasteiger partial charge in [0.25, 0.3) is 0 Å². The monoisotopic (exact) mass is 545 g/mol. The Morgan fingerprint density at radius 3 is 2.64 bits per heavy atom. The van der Waals surface area contributed by atoms with E-state index < -0.39 is 48.0 Å². The number of fused-ring (bicyclic) bond motifs is 3. The van der Waals surface area contributed by atoms with Crippen molar-refractivity contribution >= 4 is 11.6 Å². The number of anilines is 1. The number of halogens is 5. The molecule has 2 aliphatic rings. The van der Waals surface area contributed by atoms with Gasteiger partial charge in [-0.25, -0.2) is 13.8 Å². The number of carbonyl (C=O) groups excluding carboxylic acids is 1. The zero-order chi connectivity index (χ0) is 27.5. The van der Waals surface area contributed by atoms with E-state index in [0.717, 1.165) is 6.07 Å². The van der Waals surface area contributed by atoms with E-state index in [4.69, 9.17) is 9.15 Å². The Morgan fingerprint density at radius 1 is 1.10 bits per heavy atom. The fourth-order valence-electron chi connectivity index (χ4n) is 5.23. The third-order valence-corrected chi connectivity index (χ3v) is 6.97. The molecule has 1 unspecified atom stereocenters. The molecule has 202 valence electrons. The van der Waals surface area contributed by atoms with Crippen molar-refractivity contribution in [1.82, 2.24) is 19.7 Å². The Labute approximate surface area is 218 Å². The Bertz CT molecular complexity index is 1600. The number of para-hydroxylation sites is 1. The second-order valence-electron chi connectivity index (χ2n) is 9.51. The van der Waals surface area contributed by atoms with Gasteiger partial charge in [0.2, 0.25) is 5.91 Å². The third-order valence-electron chi connectivity index (χ3n) is 6.97. The van der Waals surface area contributed by atoms with Crippen LogP contribution < -0.4 is 9.64 Å². The number of aryl methyl sites for hydroxylation is 1. The molecule has 0 saturated carbocycles. The molecule has 6 rings (SSSR count). The minimum Gasteiger partial charge on any atom is -0.487 e. The number of hydrogen-bond acceptors (Lipinski definition) is 6. The molecule has 4 heterocycles. The smallest absolute Gasteiger partial charge is 0.406 e. The van der Waals surface area contributed by atoms with E-state index in [0.29, 0.717) is 29.3 Å². The van der Waals surface area contributed by atoms with Gasteiger partial charge in [0, 0.05) is 19.0 Å². The molecule has 0 N–H and O–H groups in total. The normalized spacial score (nSPS) is 19.0. The van der Waals surface area contributed by atoms with Crippen molar-refractivity contribution in [3.05, 3.63) is 65.9 Å². The highest BCUT2D eigenvalue weighted by Crippen LogP contribution is 2.45. The van der Waals surface area contributed by atoms with Gasteiger partial charge < -0.3 is 13.7 Å². The zero-order valence-corrected chi connectivity index (χ0v) is 20.4. The van der Waals surface area contributed by atoms with Crippen molar-refractivity contribution in [1.29, 1.82) is 0 Å². The second kappa shape index (κ2) is 8.89. The molecule has 2 aromatic heterocycles. The number of benzene rings is 2. The standard InChI is InChI=1S/C26H20F5N5O3/c1-14-32-11-20(39-14)16-7-6-15(10-18(16)28)22-33-34-23-25(8-3-9-35(22)23)13-38-21-17(27)4-2-5-19(21)36(24(25)37)12-26(29,30)31/h2,4-7,10-11H,3,8-9,12-13H2,1H3. The minimum atomic E-state index is -4.76. The highest BCUT2D eigenvalue weighted by atomic mass is 19.4. The number of alkyl halides is 3. The summed E-state index contributed by atoms with van der Waals surface area (Å²) in [5.41, 5.74) is -1.46. The van der Waals surface area contributed by atoms with Crippen LogP contribution in [-0.2, 0) is 16.8 Å². The van der Waals surface area contributed by atoms with E-state index >= 15 is 4.39 Å². The quantitative estimate of drug-likeness (QED) is 0.329. The van der Waals surface area contributed by atoms with Crippen LogP contribution in [0.5, 0.6) is 5.75 Å². The predicted molar refractivity (Wildman–Crippen MR) is 127 cm³/mol. The summed E-state index contributed by atoms with van der Waals surface area (Å²) in [6.45, 7) is -0.111. The van der Waals surface area contributed by atoms with Gasteiger partial charge in [-0.15, -0.1) is 10.2 Å². The molecule has 1 amide bonds. The molecular weight excluding hydrogens is 525 g/mol. The third kappa shape index (κ3) is 4.12. The molecule has 0 radical (unpaired) electrons. The van der Waals surface area contributed by atoms with E-state index in [1.807, 2.05) is 0 Å². The second-order valence-corrected chi connectivity index (χ2v) is 9.51. The van der Waals surface area contributed by atoms with Gasteiger partial charge in [-0.2, -0.15) is 13.2 Å². The number of ether oxygens (including phenoxy) is 1. The molecule has 39 heavy (non-hydrogen) atoms. The van der Waals surface area contributed by atoms with Gasteiger partial charge in [-0.3, -0.25) is 9.69 Å². The Balaban J connectivity index is 1.43. The molecule has 0 fully saturated rings. The lowest BCUT2D eigenvalue weighted by Gasteiger charge is -2.36. The largest absolute Gasteiger partial charge is 0.487 e. The summed E-state index contributed by atoms with van der Waals surface area (Å²) >= 11 is 0. The van der Waals surface area contributed by atoms with E-state index in [-0.39, 0.29) is 35.1 Å². The number of oxazole rings is 1. The molecule has 2 aromatic carbocycles. The van der Waals surface area contributed by atoms with Crippen LogP contribution in [0.15, 0.2) is 47.0 Å². The molecule has 1 atom stereocenters. The van der Waals surface area contributed by atoms with Crippen LogP contribution in [0.4, 0.5) is 27.6 Å². The SMILES string of the molecule is Cc1ncc(-c2ccc(-c3nnc4n3CCCC43COc4c(F)cccc4N(CC(F)(F)F)C3=O)cc2F)o1. The summed E-state index contributed by atoms with van der Waals surface area (Å²) in [5, 5.41) is 8.38. The van der Waals surface area contributed by atoms with Crippen LogP contribution in [-0.4, -0.2) is 45.0 Å². The van der Waals surface area contributed by atoms with Crippen LogP contribution in [0.3, 0.4) is 0 Å². The fourth-order valence-corrected chi connectivity index (χ4v) is 5.23. The first-order chi connectivity index (χ1) is 18.6. The first kappa shape index (κ1) is 25.0. The van der Waals surface area contributed by atoms with Crippen molar-refractivity contribution < 1.29 is 35.9 Å². The summed E-state index contributed by atoms with van der Waals surface area (Å²) in [5.74, 6) is -1.94. The van der Waals surface area contributed by atoms with Crippen molar-refractivity contribution in [3.8, 4) is 28.5 Å². The van der Waals surface area contributed by atoms with Crippen LogP contribution in [0.25, 0.3) is 22.7 Å². The van der Waals surface area contributed by atoms with E-state index in [9.17, 15) is 22.4 Å². The summed E-state index contributed by atoms with van der Waals surface area (Å²) in [4.78, 5) is 18.4. The maximum Gasteiger partial charge on any atom is 0.406 e. The van der Waals surface area contributed by atoms with Crippen LogP contribution in [0.2, 0.25) is 0 Å². The summed E-state index contributed by atoms with van der Waals surface area (Å²) in [6, 6.07) is 7.80. The molecule has 8 nitrogen and oxygen atoms in total. The molecule has 13 heteroatoms. The van der Waals surface area contributed by atoms with Crippen molar-refractivity contribution in [2.75, 3.05) is 18.1 Å². The maximum absolute atomic E-state index is 15.1. The molecule has 0 saturated heterocycles. The topological polar surface area (TPSA) is 86.3 Å². The Morgan fingerprint density at radius 2 is 1.92 bits per heavy atom. The highest BCUT2D eigenvalue weighted by molar-refractivity contribution is 6.03. The van der Waals surface area contributed by atoms with Gasteiger partial charge in [0.1, 0.15) is 24.4 Å². The molecule has 0 aliphatic carbocycles. The van der Waals surface area contributed by atoms with Gasteiger partial charge >= 0.3 is 6.18 Å². The molecule has 1 spiro atoms. The molecule has 0 bridgehead atoms. The van der Waals surface area contributed by atoms with E-state index in [1.54, 1.807) is 17.6 Å². The first-order valence-corrected chi connectivity index (χ1v) is 12.0. The van der Waals surface area contributed by atoms with E-state index in [1.165, 1.54) is 30.5 Å². The fraction of sp³-hybridized carbons (Fsp3) is 0.308. The van der Waals surface area contributed by atoms with Crippen molar-refractivity contribution in [2.45, 2.75) is 37.9 Å². The number of aromatic nitrogens is 4. The Hall–Kier alpha value is -4.29. The zero-order valence-electron chi connectivity index (χ0n) is 20.4. The Kier molecular flexibility index (Phi) is 5.70. The van der Waals surface area contributed by atoms with Crippen molar-refractivity contribution in [2.24, 2.45) is 0 Å². The van der Waals surface area contributed by atoms with Crippen molar-refractivity contribution in [3.63, 3.8) is 0 Å². The van der Waals surface area contributed by atoms with E-state index in [2.05, 4.69) is 15.2 Å². The molecular formula is C26H20F5N5O3. The van der Waals surface area contributed by atoms with Gasteiger partial charge in [0.05, 0.1) is 17.4 Å². The average molecular weight is 545 g/mol. The lowest BCUT2D eigenvalue weighted by Crippen LogP contribution is -2.54. The van der Waals surface area contributed by atoms with Gasteiger partial charge in [0.15, 0.2) is 34.9 Å². The molecule has 4 aromatic rings. The number of carbonyl (C=O) groups is 1. The number of hydrogen-bond donors (Lipinski definition) is 0. The summed E-state index contributed by atoms with van der Waals surface area (Å²) < 4.78 is 83.2. The minimum absolute atomic E-state index is 0.0736. The first-order valence-electron chi connectivity index (χ1n) is 12.0. The lowest BCUT2D eigenvalue weighted by atomic mass is 9.79. The number of amides is 1.